The van der Waals surface area contributed by atoms with Gasteiger partial charge in [0.1, 0.15) is 0 Å². The summed E-state index contributed by atoms with van der Waals surface area (Å²) in [6, 6.07) is 0.297. The first-order valence-electron chi connectivity index (χ1n) is 7.70. The molecule has 1 amide bonds. The Morgan fingerprint density at radius 3 is 2.47 bits per heavy atom. The highest BCUT2D eigenvalue weighted by molar-refractivity contribution is 5.83. The number of carbonyl (C=O) groups is 1. The highest BCUT2D eigenvalue weighted by Crippen LogP contribution is 2.32. The third-order valence-electron chi connectivity index (χ3n) is 4.43. The molecule has 4 heteroatoms. The number of rotatable bonds is 7. The molecule has 4 nitrogen and oxygen atoms in total. The van der Waals surface area contributed by atoms with Crippen LogP contribution in [0.5, 0.6) is 0 Å². The van der Waals surface area contributed by atoms with Gasteiger partial charge in [-0.05, 0) is 32.6 Å². The highest BCUT2D eigenvalue weighted by atomic mass is 16.5. The van der Waals surface area contributed by atoms with E-state index in [1.54, 1.807) is 0 Å². The minimum atomic E-state index is -0.380. The molecule has 0 radical (unpaired) electrons. The average Bonchev–Trinajstić information content (AvgIpc) is 2.47. The van der Waals surface area contributed by atoms with Crippen LogP contribution >= 0.6 is 0 Å². The third kappa shape index (κ3) is 3.93. The second-order valence-corrected chi connectivity index (χ2v) is 5.71. The second-order valence-electron chi connectivity index (χ2n) is 5.71. The molecule has 0 aliphatic carbocycles. The molecule has 1 aliphatic heterocycles. The van der Waals surface area contributed by atoms with Crippen LogP contribution in [0, 0.1) is 5.41 Å². The Balaban J connectivity index is 2.82. The number of nitrogens with zero attached hydrogens (tertiary/aromatic N) is 1. The first-order chi connectivity index (χ1) is 9.11. The van der Waals surface area contributed by atoms with Crippen molar-refractivity contribution in [2.75, 3.05) is 26.3 Å². The molecule has 1 fully saturated rings. The van der Waals surface area contributed by atoms with Crippen LogP contribution in [0.25, 0.3) is 0 Å². The molecular weight excluding hydrogens is 240 g/mol. The lowest BCUT2D eigenvalue weighted by molar-refractivity contribution is -0.149. The molecule has 0 aromatic carbocycles. The number of amides is 1. The van der Waals surface area contributed by atoms with E-state index in [0.29, 0.717) is 25.8 Å². The number of hydrogen-bond acceptors (Lipinski definition) is 3. The minimum absolute atomic E-state index is 0.251. The normalized spacial score (nSPS) is 20.0. The Morgan fingerprint density at radius 1 is 1.37 bits per heavy atom. The predicted molar refractivity (Wildman–Crippen MR) is 77.9 cm³/mol. The van der Waals surface area contributed by atoms with E-state index in [0.717, 1.165) is 38.6 Å². The molecule has 19 heavy (non-hydrogen) atoms. The van der Waals surface area contributed by atoms with Gasteiger partial charge in [0.15, 0.2) is 0 Å². The molecule has 0 aromatic rings. The molecule has 0 aromatic heterocycles. The fraction of sp³-hybridized carbons (Fsp3) is 0.933. The number of hydrogen-bond donors (Lipinski definition) is 1. The smallest absolute Gasteiger partial charge is 0.230 e. The van der Waals surface area contributed by atoms with Crippen LogP contribution in [0.15, 0.2) is 0 Å². The first kappa shape index (κ1) is 16.4. The number of nitrogens with two attached hydrogens (primary N) is 1. The van der Waals surface area contributed by atoms with Crippen LogP contribution in [0.2, 0.25) is 0 Å². The lowest BCUT2D eigenvalue weighted by Crippen LogP contribution is -2.53. The van der Waals surface area contributed by atoms with E-state index in [-0.39, 0.29) is 11.3 Å². The molecule has 112 valence electrons. The SMILES string of the molecule is CCCCN(C(=O)C1(CN)CCOCC1)C(C)CC. The van der Waals surface area contributed by atoms with Crippen LogP contribution in [0.1, 0.15) is 52.9 Å². The summed E-state index contributed by atoms with van der Waals surface area (Å²) in [6.45, 7) is 9.04. The van der Waals surface area contributed by atoms with E-state index in [2.05, 4.69) is 25.7 Å². The largest absolute Gasteiger partial charge is 0.381 e. The van der Waals surface area contributed by atoms with Gasteiger partial charge in [0.05, 0.1) is 5.41 Å². The van der Waals surface area contributed by atoms with Crippen LogP contribution in [0.4, 0.5) is 0 Å². The molecule has 1 unspecified atom stereocenters. The minimum Gasteiger partial charge on any atom is -0.381 e. The van der Waals surface area contributed by atoms with Gasteiger partial charge in [0.25, 0.3) is 0 Å². The first-order valence-corrected chi connectivity index (χ1v) is 7.70. The lowest BCUT2D eigenvalue weighted by Gasteiger charge is -2.41. The monoisotopic (exact) mass is 270 g/mol. The molecule has 1 atom stereocenters. The van der Waals surface area contributed by atoms with Gasteiger partial charge in [-0.1, -0.05) is 20.3 Å². The van der Waals surface area contributed by atoms with Gasteiger partial charge in [0, 0.05) is 32.3 Å². The zero-order chi connectivity index (χ0) is 14.3. The zero-order valence-corrected chi connectivity index (χ0v) is 12.8. The zero-order valence-electron chi connectivity index (χ0n) is 12.8. The maximum Gasteiger partial charge on any atom is 0.230 e. The number of carbonyl (C=O) groups excluding carboxylic acids is 1. The second kappa shape index (κ2) is 7.85. The van der Waals surface area contributed by atoms with Gasteiger partial charge in [-0.25, -0.2) is 0 Å². The van der Waals surface area contributed by atoms with E-state index in [9.17, 15) is 4.79 Å². The molecule has 1 rings (SSSR count). The summed E-state index contributed by atoms with van der Waals surface area (Å²) < 4.78 is 5.40. The van der Waals surface area contributed by atoms with Gasteiger partial charge in [0.2, 0.25) is 5.91 Å². The standard InChI is InChI=1S/C15H30N2O2/c1-4-6-9-17(13(3)5-2)14(18)15(12-16)7-10-19-11-8-15/h13H,4-12,16H2,1-3H3. The van der Waals surface area contributed by atoms with E-state index in [1.165, 1.54) is 0 Å². The van der Waals surface area contributed by atoms with E-state index in [4.69, 9.17) is 10.5 Å². The molecular formula is C15H30N2O2. The maximum atomic E-state index is 12.9. The Bertz CT molecular complexity index is 275. The predicted octanol–water partition coefficient (Wildman–Crippen LogP) is 2.17. The average molecular weight is 270 g/mol. The molecule has 1 heterocycles. The third-order valence-corrected chi connectivity index (χ3v) is 4.43. The summed E-state index contributed by atoms with van der Waals surface area (Å²) >= 11 is 0. The van der Waals surface area contributed by atoms with Crippen molar-refractivity contribution in [2.45, 2.75) is 58.9 Å². The fourth-order valence-electron chi connectivity index (χ4n) is 2.64. The number of unbranched alkanes of at least 4 members (excludes halogenated alkanes) is 1. The molecule has 0 spiro atoms. The van der Waals surface area contributed by atoms with Crippen molar-refractivity contribution in [3.63, 3.8) is 0 Å². The summed E-state index contributed by atoms with van der Waals surface area (Å²) in [5.41, 5.74) is 5.56. The van der Waals surface area contributed by atoms with Gasteiger partial charge in [-0.3, -0.25) is 4.79 Å². The Hall–Kier alpha value is -0.610. The van der Waals surface area contributed by atoms with Crippen molar-refractivity contribution in [3.05, 3.63) is 0 Å². The quantitative estimate of drug-likeness (QED) is 0.771. The Morgan fingerprint density at radius 2 is 2.00 bits per heavy atom. The van der Waals surface area contributed by atoms with Crippen molar-refractivity contribution in [1.29, 1.82) is 0 Å². The summed E-state index contributed by atoms with van der Waals surface area (Å²) in [4.78, 5) is 15.0. The summed E-state index contributed by atoms with van der Waals surface area (Å²) in [7, 11) is 0. The van der Waals surface area contributed by atoms with Gasteiger partial charge < -0.3 is 15.4 Å². The van der Waals surface area contributed by atoms with Crippen LogP contribution in [-0.2, 0) is 9.53 Å². The van der Waals surface area contributed by atoms with E-state index >= 15 is 0 Å². The Kier molecular flexibility index (Phi) is 6.80. The summed E-state index contributed by atoms with van der Waals surface area (Å²) in [6.07, 6.45) is 4.70. The molecule has 0 bridgehead atoms. The Labute approximate surface area is 117 Å². The fourth-order valence-corrected chi connectivity index (χ4v) is 2.64. The molecule has 1 saturated heterocycles. The van der Waals surface area contributed by atoms with Crippen molar-refractivity contribution >= 4 is 5.91 Å². The lowest BCUT2D eigenvalue weighted by atomic mass is 9.78. The molecule has 2 N–H and O–H groups in total. The van der Waals surface area contributed by atoms with Gasteiger partial charge in [-0.15, -0.1) is 0 Å². The van der Waals surface area contributed by atoms with E-state index < -0.39 is 0 Å². The van der Waals surface area contributed by atoms with Crippen LogP contribution in [-0.4, -0.2) is 43.2 Å². The van der Waals surface area contributed by atoms with Crippen molar-refractivity contribution in [1.82, 2.24) is 4.90 Å². The molecule has 0 saturated carbocycles. The van der Waals surface area contributed by atoms with Gasteiger partial charge in [-0.2, -0.15) is 0 Å². The summed E-state index contributed by atoms with van der Waals surface area (Å²) in [5.74, 6) is 0.251. The van der Waals surface area contributed by atoms with Crippen molar-refractivity contribution < 1.29 is 9.53 Å². The topological polar surface area (TPSA) is 55.6 Å². The number of ether oxygens (including phenoxy) is 1. The van der Waals surface area contributed by atoms with Crippen LogP contribution in [0.3, 0.4) is 0 Å². The van der Waals surface area contributed by atoms with Gasteiger partial charge >= 0.3 is 0 Å². The summed E-state index contributed by atoms with van der Waals surface area (Å²) in [5, 5.41) is 0. The maximum absolute atomic E-state index is 12.9. The van der Waals surface area contributed by atoms with Crippen molar-refractivity contribution in [3.8, 4) is 0 Å². The molecule has 1 aliphatic rings. The van der Waals surface area contributed by atoms with Crippen molar-refractivity contribution in [2.24, 2.45) is 11.1 Å². The van der Waals surface area contributed by atoms with E-state index in [1.807, 2.05) is 0 Å². The van der Waals surface area contributed by atoms with Crippen LogP contribution < -0.4 is 5.73 Å². The highest BCUT2D eigenvalue weighted by Gasteiger charge is 2.42.